The van der Waals surface area contributed by atoms with Crippen LogP contribution >= 0.6 is 0 Å². The summed E-state index contributed by atoms with van der Waals surface area (Å²) < 4.78 is 0. The Morgan fingerprint density at radius 1 is 0.478 bits per heavy atom. The Hall–Kier alpha value is -0.780. The Morgan fingerprint density at radius 3 is 1.26 bits per heavy atom. The van der Waals surface area contributed by atoms with Crippen molar-refractivity contribution in [1.29, 1.82) is 0 Å². The predicted octanol–water partition coefficient (Wildman–Crippen LogP) is 8.55. The van der Waals surface area contributed by atoms with E-state index < -0.39 is 0 Å². The molecule has 0 amide bonds. The van der Waals surface area contributed by atoms with Gasteiger partial charge in [-0.25, -0.2) is 0 Å². The maximum Gasteiger partial charge on any atom is -0.0351 e. The van der Waals surface area contributed by atoms with Crippen molar-refractivity contribution in [2.24, 2.45) is 0 Å². The molecule has 0 aromatic heterocycles. The van der Waals surface area contributed by atoms with Crippen LogP contribution in [0.25, 0.3) is 0 Å². The molecule has 0 atom stereocenters. The largest absolute Gasteiger partial charge is 0.103 e. The quantitative estimate of drug-likeness (QED) is 0.175. The minimum absolute atomic E-state index is 1.17. The third-order valence-corrected chi connectivity index (χ3v) is 4.42. The van der Waals surface area contributed by atoms with E-state index in [2.05, 4.69) is 37.8 Å². The molecule has 0 saturated heterocycles. The van der Waals surface area contributed by atoms with Gasteiger partial charge >= 0.3 is 0 Å². The van der Waals surface area contributed by atoms with E-state index in [0.29, 0.717) is 0 Å². The van der Waals surface area contributed by atoms with E-state index in [1.165, 1.54) is 103 Å². The molecule has 0 radical (unpaired) electrons. The van der Waals surface area contributed by atoms with Gasteiger partial charge in [-0.05, 0) is 58.3 Å². The van der Waals surface area contributed by atoms with Gasteiger partial charge in [-0.2, -0.15) is 0 Å². The fourth-order valence-electron chi connectivity index (χ4n) is 2.89. The van der Waals surface area contributed by atoms with E-state index in [4.69, 9.17) is 0 Å². The summed E-state index contributed by atoms with van der Waals surface area (Å²) >= 11 is 0. The van der Waals surface area contributed by atoms with E-state index in [-0.39, 0.29) is 0 Å². The third kappa shape index (κ3) is 21.2. The predicted molar refractivity (Wildman–Crippen MR) is 108 cm³/mol. The van der Waals surface area contributed by atoms with Crippen molar-refractivity contribution in [3.05, 3.63) is 37.0 Å². The van der Waals surface area contributed by atoms with Gasteiger partial charge in [0.25, 0.3) is 0 Å². The summed E-state index contributed by atoms with van der Waals surface area (Å²) in [5.41, 5.74) is 0. The number of unbranched alkanes of at least 4 members (excludes halogenated alkanes) is 14. The maximum absolute atomic E-state index is 3.76. The van der Waals surface area contributed by atoms with Crippen LogP contribution in [0, 0.1) is 0 Å². The molecule has 0 N–H and O–H groups in total. The Morgan fingerprint density at radius 2 is 0.826 bits per heavy atom. The molecule has 0 bridgehead atoms. The third-order valence-electron chi connectivity index (χ3n) is 4.42. The lowest BCUT2D eigenvalue weighted by molar-refractivity contribution is 0.553. The summed E-state index contributed by atoms with van der Waals surface area (Å²) in [6.45, 7) is 5.87. The maximum atomic E-state index is 3.76. The van der Waals surface area contributed by atoms with Gasteiger partial charge in [0.15, 0.2) is 0 Å². The summed E-state index contributed by atoms with van der Waals surface area (Å²) in [6, 6.07) is 0. The topological polar surface area (TPSA) is 0 Å². The molecule has 134 valence electrons. The van der Waals surface area contributed by atoms with Gasteiger partial charge < -0.3 is 0 Å². The molecule has 0 unspecified atom stereocenters. The highest BCUT2D eigenvalue weighted by molar-refractivity contribution is 4.81. The van der Waals surface area contributed by atoms with E-state index in [1.807, 2.05) is 6.08 Å². The number of allylic oxidation sites excluding steroid dienone is 5. The lowest BCUT2D eigenvalue weighted by atomic mass is 10.0. The van der Waals surface area contributed by atoms with Crippen LogP contribution in [-0.4, -0.2) is 0 Å². The first-order valence-corrected chi connectivity index (χ1v) is 10.3. The van der Waals surface area contributed by atoms with Crippen LogP contribution in [-0.2, 0) is 0 Å². The first-order valence-electron chi connectivity index (χ1n) is 10.3. The molecule has 0 nitrogen and oxygen atoms in total. The van der Waals surface area contributed by atoms with Crippen LogP contribution in [0.2, 0.25) is 0 Å². The van der Waals surface area contributed by atoms with Crippen LogP contribution in [0.4, 0.5) is 0 Å². The summed E-state index contributed by atoms with van der Waals surface area (Å²) in [5.74, 6) is 0. The van der Waals surface area contributed by atoms with E-state index >= 15 is 0 Å². The second-order valence-electron chi connectivity index (χ2n) is 6.73. The van der Waals surface area contributed by atoms with Crippen LogP contribution in [0.1, 0.15) is 110 Å². The summed E-state index contributed by atoms with van der Waals surface area (Å²) in [4.78, 5) is 0. The van der Waals surface area contributed by atoms with Gasteiger partial charge in [0.05, 0.1) is 0 Å². The normalized spacial score (nSPS) is 11.7. The van der Waals surface area contributed by atoms with Crippen molar-refractivity contribution in [3.63, 3.8) is 0 Å². The molecule has 0 aromatic rings. The van der Waals surface area contributed by atoms with E-state index in [9.17, 15) is 0 Å². The van der Waals surface area contributed by atoms with Crippen LogP contribution < -0.4 is 0 Å². The van der Waals surface area contributed by atoms with E-state index in [0.717, 1.165) is 0 Å². The van der Waals surface area contributed by atoms with Crippen LogP contribution in [0.3, 0.4) is 0 Å². The molecule has 0 fully saturated rings. The van der Waals surface area contributed by atoms with Gasteiger partial charge in [0.1, 0.15) is 0 Å². The monoisotopic (exact) mass is 318 g/mol. The highest BCUT2D eigenvalue weighted by Crippen LogP contribution is 2.12. The zero-order valence-electron chi connectivity index (χ0n) is 15.9. The molecular formula is C23H42. The van der Waals surface area contributed by atoms with Gasteiger partial charge in [0.2, 0.25) is 0 Å². The van der Waals surface area contributed by atoms with Crippen molar-refractivity contribution < 1.29 is 0 Å². The molecule has 0 saturated carbocycles. The molecule has 0 aromatic carbocycles. The second-order valence-corrected chi connectivity index (χ2v) is 6.73. The highest BCUT2D eigenvalue weighted by Gasteiger charge is 1.92. The zero-order valence-corrected chi connectivity index (χ0v) is 15.9. The van der Waals surface area contributed by atoms with Crippen molar-refractivity contribution in [1.82, 2.24) is 0 Å². The Kier molecular flexibility index (Phi) is 20.5. The molecule has 0 aliphatic carbocycles. The molecule has 0 heterocycles. The molecule has 0 aliphatic heterocycles. The van der Waals surface area contributed by atoms with Gasteiger partial charge in [-0.3, -0.25) is 0 Å². The van der Waals surface area contributed by atoms with Gasteiger partial charge in [-0.15, -0.1) is 6.58 Å². The van der Waals surface area contributed by atoms with E-state index in [1.54, 1.807) is 0 Å². The summed E-state index contributed by atoms with van der Waals surface area (Å²) in [6.07, 6.45) is 33.1. The van der Waals surface area contributed by atoms with Crippen molar-refractivity contribution in [3.8, 4) is 0 Å². The van der Waals surface area contributed by atoms with Gasteiger partial charge in [0, 0.05) is 0 Å². The second kappa shape index (κ2) is 21.2. The Bertz CT molecular complexity index is 272. The molecule has 23 heavy (non-hydrogen) atoms. The lowest BCUT2D eigenvalue weighted by Gasteiger charge is -2.02. The number of hydrogen-bond donors (Lipinski definition) is 0. The molecule has 0 spiro atoms. The van der Waals surface area contributed by atoms with Crippen LogP contribution in [0.15, 0.2) is 37.0 Å². The van der Waals surface area contributed by atoms with Crippen molar-refractivity contribution in [2.75, 3.05) is 0 Å². The molecule has 0 heteroatoms. The fourth-order valence-corrected chi connectivity index (χ4v) is 2.89. The molecule has 0 rings (SSSR count). The summed E-state index contributed by atoms with van der Waals surface area (Å²) in [7, 11) is 0. The average molecular weight is 319 g/mol. The zero-order chi connectivity index (χ0) is 16.8. The minimum atomic E-state index is 1.17. The smallest absolute Gasteiger partial charge is 0.0351 e. The first kappa shape index (κ1) is 22.2. The minimum Gasteiger partial charge on any atom is -0.103 e. The number of rotatable bonds is 18. The summed E-state index contributed by atoms with van der Waals surface area (Å²) in [5, 5.41) is 0. The fraction of sp³-hybridized carbons (Fsp3) is 0.739. The Balaban J connectivity index is 3.04. The lowest BCUT2D eigenvalue weighted by Crippen LogP contribution is -1.82. The average Bonchev–Trinajstić information content (AvgIpc) is 2.57. The Labute approximate surface area is 147 Å². The van der Waals surface area contributed by atoms with Crippen molar-refractivity contribution >= 4 is 0 Å². The SMILES string of the molecule is C=CCCCCC=CCCCCCCCCCCCCC=CC. The highest BCUT2D eigenvalue weighted by atomic mass is 14.0. The molecule has 0 aliphatic rings. The standard InChI is InChI=1S/C23H42/c1-3-5-7-9-11-13-15-17-19-21-23-22-20-18-16-14-12-10-8-6-4-2/h3-4,6,13,15H,1,5,7-12,14,16-23H2,2H3. The van der Waals surface area contributed by atoms with Gasteiger partial charge in [-0.1, -0.05) is 81.7 Å². The van der Waals surface area contributed by atoms with Crippen LogP contribution in [0.5, 0.6) is 0 Å². The first-order chi connectivity index (χ1) is 11.4. The number of hydrogen-bond acceptors (Lipinski definition) is 0. The van der Waals surface area contributed by atoms with Crippen molar-refractivity contribution in [2.45, 2.75) is 110 Å². The molecular weight excluding hydrogens is 276 g/mol.